The fourth-order valence-electron chi connectivity index (χ4n) is 3.41. The molecule has 180 valence electrons. The molecule has 0 fully saturated rings. The van der Waals surface area contributed by atoms with Crippen LogP contribution < -0.4 is 14.2 Å². The van der Waals surface area contributed by atoms with Gasteiger partial charge in [-0.3, -0.25) is 9.29 Å². The van der Waals surface area contributed by atoms with E-state index in [2.05, 4.69) is 19.9 Å². The van der Waals surface area contributed by atoms with Gasteiger partial charge in [-0.05, 0) is 31.2 Å². The highest BCUT2D eigenvalue weighted by Crippen LogP contribution is 2.38. The number of anilines is 1. The Bertz CT molecular complexity index is 1380. The second kappa shape index (κ2) is 9.19. The molecule has 0 bridgehead atoms. The fraction of sp³-hybridized carbons (Fsp3) is 0.286. The minimum Gasteiger partial charge on any atom is -0.494 e. The van der Waals surface area contributed by atoms with E-state index in [1.165, 1.54) is 25.1 Å². The molecule has 0 aliphatic carbocycles. The van der Waals surface area contributed by atoms with Crippen molar-refractivity contribution in [2.24, 2.45) is 7.05 Å². The Morgan fingerprint density at radius 1 is 1.15 bits per heavy atom. The Morgan fingerprint density at radius 3 is 2.41 bits per heavy atom. The molecule has 0 saturated heterocycles. The molecule has 2 N–H and O–H groups in total. The predicted molar refractivity (Wildman–Crippen MR) is 122 cm³/mol. The third-order valence-electron chi connectivity index (χ3n) is 4.94. The zero-order chi connectivity index (χ0) is 24.5. The van der Waals surface area contributed by atoms with Crippen LogP contribution in [-0.2, 0) is 17.1 Å². The quantitative estimate of drug-likeness (QED) is 0.361. The number of imidazole rings is 1. The molecular weight excluding hydrogens is 464 g/mol. The summed E-state index contributed by atoms with van der Waals surface area (Å²) in [5, 5.41) is 18.6. The first kappa shape index (κ1) is 23.3. The number of hydrogen-bond acceptors (Lipinski definition) is 9. The molecule has 0 amide bonds. The van der Waals surface area contributed by atoms with Gasteiger partial charge in [-0.25, -0.2) is 13.4 Å². The molecule has 12 nitrogen and oxygen atoms in total. The zero-order valence-electron chi connectivity index (χ0n) is 19.0. The minimum atomic E-state index is -4.09. The third-order valence-corrected chi connectivity index (χ3v) is 6.19. The van der Waals surface area contributed by atoms with Gasteiger partial charge < -0.3 is 23.6 Å². The highest BCUT2D eigenvalue weighted by Gasteiger charge is 2.28. The van der Waals surface area contributed by atoms with Crippen molar-refractivity contribution < 1.29 is 27.4 Å². The Kier molecular flexibility index (Phi) is 6.30. The average molecular weight is 489 g/mol. The number of nitrogens with one attached hydrogen (secondary N) is 1. The van der Waals surface area contributed by atoms with Gasteiger partial charge in [0.05, 0.1) is 26.2 Å². The molecule has 0 radical (unpaired) electrons. The van der Waals surface area contributed by atoms with Crippen LogP contribution >= 0.6 is 0 Å². The highest BCUT2D eigenvalue weighted by atomic mass is 32.2. The number of nitrogens with zero attached hydrogens (tertiary/aromatic N) is 5. The second-order valence-electron chi connectivity index (χ2n) is 7.47. The lowest BCUT2D eigenvalue weighted by atomic mass is 10.2. The molecule has 1 aromatic carbocycles. The molecule has 3 aromatic heterocycles. The number of aryl methyl sites for hydroxylation is 2. The van der Waals surface area contributed by atoms with Crippen molar-refractivity contribution in [3.05, 3.63) is 54.3 Å². The van der Waals surface area contributed by atoms with E-state index in [0.29, 0.717) is 28.7 Å². The number of aliphatic hydroxyl groups excluding tert-OH is 1. The first-order chi connectivity index (χ1) is 16.2. The van der Waals surface area contributed by atoms with Gasteiger partial charge in [0.1, 0.15) is 34.8 Å². The maximum Gasteiger partial charge on any atom is 0.243 e. The Hall–Kier alpha value is -3.84. The van der Waals surface area contributed by atoms with E-state index in [1.807, 2.05) is 0 Å². The second-order valence-corrected chi connectivity index (χ2v) is 9.23. The molecule has 0 unspecified atom stereocenters. The summed E-state index contributed by atoms with van der Waals surface area (Å²) in [4.78, 5) is 4.01. The summed E-state index contributed by atoms with van der Waals surface area (Å²) >= 11 is 0. The predicted octanol–water partition coefficient (Wildman–Crippen LogP) is 2.06. The smallest absolute Gasteiger partial charge is 0.243 e. The number of methoxy groups -OCH3 is 2. The van der Waals surface area contributed by atoms with Crippen molar-refractivity contribution in [1.29, 1.82) is 0 Å². The van der Waals surface area contributed by atoms with Crippen LogP contribution in [-0.4, -0.2) is 57.8 Å². The van der Waals surface area contributed by atoms with Crippen LogP contribution in [0.15, 0.2) is 47.3 Å². The maximum atomic E-state index is 13.0. The number of aliphatic hydroxyl groups is 1. The number of benzene rings is 1. The molecule has 1 atom stereocenters. The van der Waals surface area contributed by atoms with Gasteiger partial charge in [-0.15, -0.1) is 10.2 Å². The van der Waals surface area contributed by atoms with Crippen molar-refractivity contribution in [2.45, 2.75) is 13.0 Å². The van der Waals surface area contributed by atoms with Gasteiger partial charge >= 0.3 is 0 Å². The van der Waals surface area contributed by atoms with Crippen LogP contribution in [0.5, 0.6) is 11.5 Å². The van der Waals surface area contributed by atoms with Crippen molar-refractivity contribution in [2.75, 3.05) is 24.7 Å². The number of aromatic nitrogens is 5. The molecule has 4 aromatic rings. The lowest BCUT2D eigenvalue weighted by Gasteiger charge is -2.17. The zero-order valence-corrected chi connectivity index (χ0v) is 19.8. The van der Waals surface area contributed by atoms with Crippen molar-refractivity contribution >= 4 is 16.0 Å². The number of hydrogen-bond donors (Lipinski definition) is 2. The summed E-state index contributed by atoms with van der Waals surface area (Å²) in [6.07, 6.45) is 1.67. The molecule has 13 heteroatoms. The van der Waals surface area contributed by atoms with Crippen LogP contribution in [0.25, 0.3) is 17.3 Å². The summed E-state index contributed by atoms with van der Waals surface area (Å²) in [6, 6.07) is 8.56. The van der Waals surface area contributed by atoms with Gasteiger partial charge in [0, 0.05) is 13.2 Å². The topological polar surface area (TPSA) is 147 Å². The third kappa shape index (κ3) is 4.61. The van der Waals surface area contributed by atoms with Gasteiger partial charge in [0.25, 0.3) is 0 Å². The fourth-order valence-corrected chi connectivity index (χ4v) is 4.49. The van der Waals surface area contributed by atoms with Crippen LogP contribution in [0, 0.1) is 6.92 Å². The maximum absolute atomic E-state index is 13.0. The molecule has 0 aliphatic rings. The average Bonchev–Trinajstić information content (AvgIpc) is 3.52. The number of rotatable bonds is 9. The lowest BCUT2D eigenvalue weighted by Crippen LogP contribution is -2.23. The molecule has 0 spiro atoms. The molecule has 0 aliphatic heterocycles. The van der Waals surface area contributed by atoms with Gasteiger partial charge in [-0.1, -0.05) is 6.07 Å². The van der Waals surface area contributed by atoms with Crippen molar-refractivity contribution in [3.8, 4) is 28.8 Å². The monoisotopic (exact) mass is 488 g/mol. The van der Waals surface area contributed by atoms with E-state index in [-0.39, 0.29) is 17.5 Å². The van der Waals surface area contributed by atoms with Crippen molar-refractivity contribution in [3.63, 3.8) is 0 Å². The molecule has 3 heterocycles. The minimum absolute atomic E-state index is 0.139. The molecule has 34 heavy (non-hydrogen) atoms. The molecule has 4 rings (SSSR count). The summed E-state index contributed by atoms with van der Waals surface area (Å²) < 4.78 is 48.1. The molecule has 0 saturated carbocycles. The number of sulfonamides is 1. The number of furan rings is 1. The Balaban J connectivity index is 1.79. The van der Waals surface area contributed by atoms with E-state index in [4.69, 9.17) is 13.9 Å². The van der Waals surface area contributed by atoms with E-state index < -0.39 is 21.9 Å². The first-order valence-electron chi connectivity index (χ1n) is 10.1. The largest absolute Gasteiger partial charge is 0.494 e. The van der Waals surface area contributed by atoms with Crippen LogP contribution in [0.1, 0.15) is 17.6 Å². The lowest BCUT2D eigenvalue weighted by molar-refractivity contribution is 0.197. The SMILES string of the molecule is COc1cccc(OC)c1-n1c(NS(=O)(=O)C[C@@H](O)c2cn(C)cn2)nnc1-c1ccc(C)o1. The molecular formula is C21H24N6O6S. The van der Waals surface area contributed by atoms with Crippen LogP contribution in [0.4, 0.5) is 5.95 Å². The van der Waals surface area contributed by atoms with E-state index in [1.54, 1.807) is 55.1 Å². The summed E-state index contributed by atoms with van der Waals surface area (Å²) in [5.41, 5.74) is 0.594. The van der Waals surface area contributed by atoms with E-state index in [9.17, 15) is 13.5 Å². The number of ether oxygens (including phenoxy) is 2. The van der Waals surface area contributed by atoms with Crippen LogP contribution in [0.2, 0.25) is 0 Å². The van der Waals surface area contributed by atoms with Gasteiger partial charge in [-0.2, -0.15) is 0 Å². The summed E-state index contributed by atoms with van der Waals surface area (Å²) in [6.45, 7) is 1.77. The normalized spacial score (nSPS) is 12.5. The van der Waals surface area contributed by atoms with Crippen molar-refractivity contribution in [1.82, 2.24) is 24.3 Å². The van der Waals surface area contributed by atoms with Gasteiger partial charge in [0.2, 0.25) is 21.8 Å². The van der Waals surface area contributed by atoms with Crippen LogP contribution in [0.3, 0.4) is 0 Å². The standard InChI is InChI=1S/C21H24N6O6S/c1-13-8-9-18(33-13)20-23-24-21(27(20)19-16(31-3)6-5-7-17(19)32-4)25-34(29,30)11-15(28)14-10-26(2)12-22-14/h5-10,12,15,28H,11H2,1-4H3,(H,24,25)/t15-/m1/s1. The Labute approximate surface area is 195 Å². The van der Waals surface area contributed by atoms with E-state index >= 15 is 0 Å². The van der Waals surface area contributed by atoms with Gasteiger partial charge in [0.15, 0.2) is 5.76 Å². The van der Waals surface area contributed by atoms with E-state index in [0.717, 1.165) is 0 Å². The first-order valence-corrected chi connectivity index (χ1v) is 11.8. The highest BCUT2D eigenvalue weighted by molar-refractivity contribution is 7.92. The Morgan fingerprint density at radius 2 is 1.85 bits per heavy atom. The summed E-state index contributed by atoms with van der Waals surface area (Å²) in [5.74, 6) is 1.21. The summed E-state index contributed by atoms with van der Waals surface area (Å²) in [7, 11) is 0.585. The number of para-hydroxylation sites is 1.